The topological polar surface area (TPSA) is 38.1 Å². The predicted octanol–water partition coefficient (Wildman–Crippen LogP) is 3.05. The molecule has 4 nitrogen and oxygen atoms in total. The number of likely N-dealkylation sites (tertiary alicyclic amines) is 1. The van der Waals surface area contributed by atoms with Crippen molar-refractivity contribution in [1.29, 1.82) is 0 Å². The fraction of sp³-hybridized carbons (Fsp3) is 0.333. The summed E-state index contributed by atoms with van der Waals surface area (Å²) in [5, 5.41) is 4.79. The van der Waals surface area contributed by atoms with Gasteiger partial charge in [0.1, 0.15) is 5.69 Å². The summed E-state index contributed by atoms with van der Waals surface area (Å²) >= 11 is 6.27. The Morgan fingerprint density at radius 2 is 2.15 bits per heavy atom. The zero-order chi connectivity index (χ0) is 14.1. The van der Waals surface area contributed by atoms with Crippen LogP contribution in [0.1, 0.15) is 34.9 Å². The first-order chi connectivity index (χ1) is 9.68. The Morgan fingerprint density at radius 1 is 1.35 bits per heavy atom. The van der Waals surface area contributed by atoms with E-state index in [0.717, 1.165) is 30.0 Å². The average Bonchev–Trinajstić information content (AvgIpc) is 3.07. The summed E-state index contributed by atoms with van der Waals surface area (Å²) in [5.74, 6) is 0.0208. The van der Waals surface area contributed by atoms with Gasteiger partial charge in [-0.3, -0.25) is 9.48 Å². The van der Waals surface area contributed by atoms with Crippen LogP contribution in [0.3, 0.4) is 0 Å². The fourth-order valence-corrected chi connectivity index (χ4v) is 3.07. The average molecular weight is 290 g/mol. The number of carbonyl (C=O) groups is 1. The van der Waals surface area contributed by atoms with Crippen LogP contribution in [0, 0.1) is 0 Å². The maximum absolute atomic E-state index is 12.6. The Balaban J connectivity index is 1.92. The molecule has 0 unspecified atom stereocenters. The Labute approximate surface area is 123 Å². The van der Waals surface area contributed by atoms with Crippen LogP contribution in [0.25, 0.3) is 0 Å². The second-order valence-corrected chi connectivity index (χ2v) is 5.43. The second-order valence-electron chi connectivity index (χ2n) is 5.02. The van der Waals surface area contributed by atoms with Crippen LogP contribution in [0.2, 0.25) is 5.02 Å². The molecular weight excluding hydrogens is 274 g/mol. The summed E-state index contributed by atoms with van der Waals surface area (Å²) < 4.78 is 1.62. The van der Waals surface area contributed by atoms with Crippen LogP contribution in [0.5, 0.6) is 0 Å². The van der Waals surface area contributed by atoms with Gasteiger partial charge in [-0.1, -0.05) is 29.8 Å². The molecule has 2 heterocycles. The Bertz CT molecular complexity index is 638. The van der Waals surface area contributed by atoms with Crippen LogP contribution in [-0.2, 0) is 7.05 Å². The van der Waals surface area contributed by atoms with E-state index in [4.69, 9.17) is 11.6 Å². The van der Waals surface area contributed by atoms with Crippen LogP contribution < -0.4 is 0 Å². The van der Waals surface area contributed by atoms with E-state index in [-0.39, 0.29) is 11.9 Å². The highest BCUT2D eigenvalue weighted by Crippen LogP contribution is 2.36. The van der Waals surface area contributed by atoms with Crippen molar-refractivity contribution in [3.63, 3.8) is 0 Å². The van der Waals surface area contributed by atoms with Gasteiger partial charge in [-0.15, -0.1) is 0 Å². The molecule has 0 bridgehead atoms. The summed E-state index contributed by atoms with van der Waals surface area (Å²) in [4.78, 5) is 14.5. The number of hydrogen-bond donors (Lipinski definition) is 0. The Morgan fingerprint density at radius 3 is 2.85 bits per heavy atom. The minimum atomic E-state index is 0.0208. The van der Waals surface area contributed by atoms with E-state index in [2.05, 4.69) is 5.10 Å². The third kappa shape index (κ3) is 2.20. The van der Waals surface area contributed by atoms with Gasteiger partial charge in [0.05, 0.1) is 6.04 Å². The van der Waals surface area contributed by atoms with E-state index in [1.165, 1.54) is 0 Å². The molecule has 5 heteroatoms. The molecule has 0 saturated carbocycles. The molecule has 0 N–H and O–H groups in total. The van der Waals surface area contributed by atoms with Gasteiger partial charge in [0.2, 0.25) is 0 Å². The minimum absolute atomic E-state index is 0.0208. The van der Waals surface area contributed by atoms with Crippen molar-refractivity contribution in [2.45, 2.75) is 18.9 Å². The monoisotopic (exact) mass is 289 g/mol. The van der Waals surface area contributed by atoms with Gasteiger partial charge in [0.15, 0.2) is 0 Å². The standard InChI is InChI=1S/C15H16ClN3O/c1-18-14(8-9-17-18)15(20)19-10-4-7-13(19)11-5-2-3-6-12(11)16/h2-3,5-6,8-9,13H,4,7,10H2,1H3/t13-/m0/s1. The number of hydrogen-bond acceptors (Lipinski definition) is 2. The van der Waals surface area contributed by atoms with Gasteiger partial charge < -0.3 is 4.90 Å². The quantitative estimate of drug-likeness (QED) is 0.852. The van der Waals surface area contributed by atoms with Crippen LogP contribution in [0.15, 0.2) is 36.5 Å². The molecule has 1 fully saturated rings. The molecule has 20 heavy (non-hydrogen) atoms. The van der Waals surface area contributed by atoms with Gasteiger partial charge in [0, 0.05) is 24.8 Å². The molecule has 1 aliphatic rings. The number of aromatic nitrogens is 2. The summed E-state index contributed by atoms with van der Waals surface area (Å²) in [7, 11) is 1.79. The van der Waals surface area contributed by atoms with Crippen molar-refractivity contribution in [1.82, 2.24) is 14.7 Å². The molecule has 3 rings (SSSR count). The highest BCUT2D eigenvalue weighted by molar-refractivity contribution is 6.31. The smallest absolute Gasteiger partial charge is 0.272 e. The maximum atomic E-state index is 12.6. The first kappa shape index (κ1) is 13.2. The highest BCUT2D eigenvalue weighted by atomic mass is 35.5. The molecule has 1 aromatic heterocycles. The lowest BCUT2D eigenvalue weighted by atomic mass is 10.0. The zero-order valence-corrected chi connectivity index (χ0v) is 12.0. The molecule has 104 valence electrons. The summed E-state index contributed by atoms with van der Waals surface area (Å²) in [5.41, 5.74) is 1.64. The van der Waals surface area contributed by atoms with Crippen LogP contribution in [0.4, 0.5) is 0 Å². The SMILES string of the molecule is Cn1nccc1C(=O)N1CCC[C@H]1c1ccccc1Cl. The molecule has 1 atom stereocenters. The summed E-state index contributed by atoms with van der Waals surface area (Å²) in [6.45, 7) is 0.764. The van der Waals surface area contributed by atoms with Crippen molar-refractivity contribution in [2.24, 2.45) is 7.05 Å². The number of benzene rings is 1. The van der Waals surface area contributed by atoms with Crippen molar-refractivity contribution in [2.75, 3.05) is 6.54 Å². The fourth-order valence-electron chi connectivity index (χ4n) is 2.81. The number of amides is 1. The number of aryl methyl sites for hydroxylation is 1. The van der Waals surface area contributed by atoms with Crippen molar-refractivity contribution < 1.29 is 4.79 Å². The van der Waals surface area contributed by atoms with Gasteiger partial charge in [-0.25, -0.2) is 0 Å². The summed E-state index contributed by atoms with van der Waals surface area (Å²) in [6.07, 6.45) is 3.60. The Hall–Kier alpha value is -1.81. The van der Waals surface area contributed by atoms with E-state index >= 15 is 0 Å². The lowest BCUT2D eigenvalue weighted by molar-refractivity contribution is 0.0724. The first-order valence-electron chi connectivity index (χ1n) is 6.72. The maximum Gasteiger partial charge on any atom is 0.272 e. The van der Waals surface area contributed by atoms with Gasteiger partial charge in [0.25, 0.3) is 5.91 Å². The molecule has 1 aromatic carbocycles. The van der Waals surface area contributed by atoms with E-state index in [1.54, 1.807) is 24.0 Å². The minimum Gasteiger partial charge on any atom is -0.330 e. The number of nitrogens with zero attached hydrogens (tertiary/aromatic N) is 3. The van der Waals surface area contributed by atoms with Crippen molar-refractivity contribution in [3.8, 4) is 0 Å². The molecule has 0 radical (unpaired) electrons. The molecule has 1 amide bonds. The predicted molar refractivity (Wildman–Crippen MR) is 77.7 cm³/mol. The second kappa shape index (κ2) is 5.29. The third-order valence-corrected chi connectivity index (χ3v) is 4.16. The summed E-state index contributed by atoms with van der Waals surface area (Å²) in [6, 6.07) is 9.57. The lowest BCUT2D eigenvalue weighted by Crippen LogP contribution is -2.32. The van der Waals surface area contributed by atoms with E-state index in [0.29, 0.717) is 5.69 Å². The number of rotatable bonds is 2. The molecule has 2 aromatic rings. The Kier molecular flexibility index (Phi) is 3.49. The molecule has 0 spiro atoms. The lowest BCUT2D eigenvalue weighted by Gasteiger charge is -2.25. The van der Waals surface area contributed by atoms with Crippen molar-refractivity contribution >= 4 is 17.5 Å². The molecular formula is C15H16ClN3O. The molecule has 0 aliphatic carbocycles. The number of carbonyl (C=O) groups excluding carboxylic acids is 1. The van der Waals surface area contributed by atoms with E-state index in [9.17, 15) is 4.79 Å². The van der Waals surface area contributed by atoms with E-state index in [1.807, 2.05) is 29.2 Å². The van der Waals surface area contributed by atoms with Crippen molar-refractivity contribution in [3.05, 3.63) is 52.8 Å². The molecule has 1 saturated heterocycles. The highest BCUT2D eigenvalue weighted by Gasteiger charge is 2.32. The van der Waals surface area contributed by atoms with E-state index < -0.39 is 0 Å². The zero-order valence-electron chi connectivity index (χ0n) is 11.3. The van der Waals surface area contributed by atoms with Crippen LogP contribution in [-0.4, -0.2) is 27.1 Å². The molecule has 1 aliphatic heterocycles. The largest absolute Gasteiger partial charge is 0.330 e. The van der Waals surface area contributed by atoms with Crippen LogP contribution >= 0.6 is 11.6 Å². The van der Waals surface area contributed by atoms with Gasteiger partial charge >= 0.3 is 0 Å². The first-order valence-corrected chi connectivity index (χ1v) is 7.09. The third-order valence-electron chi connectivity index (χ3n) is 3.82. The van der Waals surface area contributed by atoms with Gasteiger partial charge in [-0.05, 0) is 30.5 Å². The van der Waals surface area contributed by atoms with Gasteiger partial charge in [-0.2, -0.15) is 5.10 Å². The number of halogens is 1. The normalized spacial score (nSPS) is 18.5.